The molecule has 0 unspecified atom stereocenters. The third kappa shape index (κ3) is 5.09. The Morgan fingerprint density at radius 2 is 1.95 bits per heavy atom. The molecule has 0 aromatic carbocycles. The zero-order valence-corrected chi connectivity index (χ0v) is 12.7. The molecule has 0 bridgehead atoms. The third-order valence-corrected chi connectivity index (χ3v) is 3.51. The summed E-state index contributed by atoms with van der Waals surface area (Å²) >= 11 is 0. The van der Waals surface area contributed by atoms with Crippen molar-refractivity contribution >= 4 is 11.9 Å². The van der Waals surface area contributed by atoms with Crippen molar-refractivity contribution in [2.45, 2.75) is 52.5 Å². The number of nitrogens with zero attached hydrogens (tertiary/aromatic N) is 1. The van der Waals surface area contributed by atoms with Crippen molar-refractivity contribution in [1.29, 1.82) is 0 Å². The molecule has 1 aliphatic carbocycles. The van der Waals surface area contributed by atoms with Gasteiger partial charge in [-0.3, -0.25) is 9.79 Å². The lowest BCUT2D eigenvalue weighted by Gasteiger charge is -2.22. The highest BCUT2D eigenvalue weighted by molar-refractivity contribution is 5.83. The molecule has 19 heavy (non-hydrogen) atoms. The summed E-state index contributed by atoms with van der Waals surface area (Å²) in [6, 6.07) is 0.529. The Labute approximate surface area is 116 Å². The molecule has 5 heteroatoms. The lowest BCUT2D eigenvalue weighted by Crippen LogP contribution is -2.44. The lowest BCUT2D eigenvalue weighted by molar-refractivity contribution is -0.128. The first kappa shape index (κ1) is 15.8. The van der Waals surface area contributed by atoms with E-state index >= 15 is 0 Å². The van der Waals surface area contributed by atoms with Crippen molar-refractivity contribution in [2.24, 2.45) is 10.4 Å². The molecular formula is C14H28N4O. The standard InChI is InChI=1S/C14H28N4O/c1-5-16-13(18-11-8-6-7-9-11)17-10-14(2,3)12(19)15-4/h11H,5-10H2,1-4H3,(H,15,19)(H2,16,17,18). The number of guanidine groups is 1. The minimum atomic E-state index is -0.479. The number of hydrogen-bond acceptors (Lipinski definition) is 2. The first-order valence-electron chi connectivity index (χ1n) is 7.26. The molecule has 0 atom stereocenters. The van der Waals surface area contributed by atoms with Crippen LogP contribution in [0.3, 0.4) is 0 Å². The first-order valence-corrected chi connectivity index (χ1v) is 7.26. The summed E-state index contributed by atoms with van der Waals surface area (Å²) in [6.07, 6.45) is 5.01. The van der Waals surface area contributed by atoms with Crippen LogP contribution in [0.15, 0.2) is 4.99 Å². The molecule has 0 radical (unpaired) electrons. The quantitative estimate of drug-likeness (QED) is 0.519. The van der Waals surface area contributed by atoms with Crippen LogP contribution < -0.4 is 16.0 Å². The van der Waals surface area contributed by atoms with Gasteiger partial charge in [-0.1, -0.05) is 12.8 Å². The second-order valence-corrected chi connectivity index (χ2v) is 5.78. The Balaban J connectivity index is 2.58. The fourth-order valence-corrected chi connectivity index (χ4v) is 2.27. The molecule has 0 spiro atoms. The maximum Gasteiger partial charge on any atom is 0.227 e. The number of carbonyl (C=O) groups excluding carboxylic acids is 1. The van der Waals surface area contributed by atoms with Gasteiger partial charge in [-0.2, -0.15) is 0 Å². The van der Waals surface area contributed by atoms with Crippen molar-refractivity contribution in [2.75, 3.05) is 20.1 Å². The zero-order valence-electron chi connectivity index (χ0n) is 12.7. The van der Waals surface area contributed by atoms with Gasteiger partial charge in [0, 0.05) is 19.6 Å². The Bertz CT molecular complexity index is 319. The Kier molecular flexibility index (Phi) is 6.12. The summed E-state index contributed by atoms with van der Waals surface area (Å²) < 4.78 is 0. The molecular weight excluding hydrogens is 240 g/mol. The molecule has 0 aromatic rings. The van der Waals surface area contributed by atoms with Crippen LogP contribution in [0.25, 0.3) is 0 Å². The minimum absolute atomic E-state index is 0.0213. The van der Waals surface area contributed by atoms with Gasteiger partial charge in [0.1, 0.15) is 0 Å². The van der Waals surface area contributed by atoms with E-state index in [-0.39, 0.29) is 5.91 Å². The fourth-order valence-electron chi connectivity index (χ4n) is 2.27. The minimum Gasteiger partial charge on any atom is -0.359 e. The van der Waals surface area contributed by atoms with Gasteiger partial charge in [-0.25, -0.2) is 0 Å². The number of rotatable bonds is 5. The van der Waals surface area contributed by atoms with Crippen molar-refractivity contribution in [1.82, 2.24) is 16.0 Å². The summed E-state index contributed by atoms with van der Waals surface area (Å²) in [6.45, 7) is 7.19. The molecule has 0 heterocycles. The summed E-state index contributed by atoms with van der Waals surface area (Å²) in [4.78, 5) is 16.3. The SMILES string of the molecule is CCNC(=NCC(C)(C)C(=O)NC)NC1CCCC1. The highest BCUT2D eigenvalue weighted by Gasteiger charge is 2.26. The van der Waals surface area contributed by atoms with Crippen molar-refractivity contribution in [3.63, 3.8) is 0 Å². The van der Waals surface area contributed by atoms with Gasteiger partial charge in [0.25, 0.3) is 0 Å². The highest BCUT2D eigenvalue weighted by Crippen LogP contribution is 2.18. The van der Waals surface area contributed by atoms with Crippen molar-refractivity contribution in [3.8, 4) is 0 Å². The topological polar surface area (TPSA) is 65.5 Å². The molecule has 0 aliphatic heterocycles. The monoisotopic (exact) mass is 268 g/mol. The molecule has 0 aromatic heterocycles. The molecule has 1 amide bonds. The third-order valence-electron chi connectivity index (χ3n) is 3.51. The second-order valence-electron chi connectivity index (χ2n) is 5.78. The zero-order chi connectivity index (χ0) is 14.3. The molecule has 0 saturated heterocycles. The van der Waals surface area contributed by atoms with E-state index in [0.717, 1.165) is 12.5 Å². The van der Waals surface area contributed by atoms with E-state index in [0.29, 0.717) is 12.6 Å². The summed E-state index contributed by atoms with van der Waals surface area (Å²) in [5, 5.41) is 9.38. The Morgan fingerprint density at radius 3 is 2.47 bits per heavy atom. The fraction of sp³-hybridized carbons (Fsp3) is 0.857. The van der Waals surface area contributed by atoms with Crippen LogP contribution in [0.5, 0.6) is 0 Å². The molecule has 1 rings (SSSR count). The van der Waals surface area contributed by atoms with Gasteiger partial charge in [0.15, 0.2) is 5.96 Å². The van der Waals surface area contributed by atoms with Gasteiger partial charge in [-0.15, -0.1) is 0 Å². The lowest BCUT2D eigenvalue weighted by atomic mass is 9.93. The van der Waals surface area contributed by atoms with E-state index in [9.17, 15) is 4.79 Å². The van der Waals surface area contributed by atoms with Gasteiger partial charge in [-0.05, 0) is 33.6 Å². The summed E-state index contributed by atoms with van der Waals surface area (Å²) in [5.41, 5.74) is -0.479. The smallest absolute Gasteiger partial charge is 0.227 e. The van der Waals surface area contributed by atoms with Gasteiger partial charge in [0.05, 0.1) is 12.0 Å². The molecule has 3 N–H and O–H groups in total. The van der Waals surface area contributed by atoms with Gasteiger partial charge >= 0.3 is 0 Å². The number of nitrogens with one attached hydrogen (secondary N) is 3. The van der Waals surface area contributed by atoms with Crippen LogP contribution in [0.2, 0.25) is 0 Å². The summed E-state index contributed by atoms with van der Waals surface area (Å²) in [5.74, 6) is 0.847. The number of carbonyl (C=O) groups is 1. The molecule has 1 fully saturated rings. The largest absolute Gasteiger partial charge is 0.359 e. The normalized spacial score (nSPS) is 17.4. The molecule has 1 aliphatic rings. The summed E-state index contributed by atoms with van der Waals surface area (Å²) in [7, 11) is 1.66. The predicted octanol–water partition coefficient (Wildman–Crippen LogP) is 1.26. The van der Waals surface area contributed by atoms with Crippen molar-refractivity contribution < 1.29 is 4.79 Å². The van der Waals surface area contributed by atoms with E-state index in [1.807, 2.05) is 13.8 Å². The predicted molar refractivity (Wildman–Crippen MR) is 79.2 cm³/mol. The number of aliphatic imine (C=N–C) groups is 1. The van der Waals surface area contributed by atoms with E-state index in [1.165, 1.54) is 25.7 Å². The van der Waals surface area contributed by atoms with E-state index in [4.69, 9.17) is 0 Å². The molecule has 5 nitrogen and oxygen atoms in total. The maximum atomic E-state index is 11.7. The Hall–Kier alpha value is -1.26. The second kappa shape index (κ2) is 7.36. The Morgan fingerprint density at radius 1 is 1.32 bits per heavy atom. The number of amides is 1. The maximum absolute atomic E-state index is 11.7. The van der Waals surface area contributed by atoms with Crippen molar-refractivity contribution in [3.05, 3.63) is 0 Å². The average molecular weight is 268 g/mol. The highest BCUT2D eigenvalue weighted by atomic mass is 16.2. The van der Waals surface area contributed by atoms with Gasteiger partial charge in [0.2, 0.25) is 5.91 Å². The van der Waals surface area contributed by atoms with Crippen LogP contribution >= 0.6 is 0 Å². The van der Waals surface area contributed by atoms with Crippen LogP contribution in [-0.2, 0) is 4.79 Å². The van der Waals surface area contributed by atoms with Gasteiger partial charge < -0.3 is 16.0 Å². The van der Waals surface area contributed by atoms with Crippen LogP contribution in [-0.4, -0.2) is 38.0 Å². The van der Waals surface area contributed by atoms with Crippen LogP contribution in [0.1, 0.15) is 46.5 Å². The number of hydrogen-bond donors (Lipinski definition) is 3. The van der Waals surface area contributed by atoms with Crippen LogP contribution in [0, 0.1) is 5.41 Å². The van der Waals surface area contributed by atoms with E-state index in [2.05, 4.69) is 27.9 Å². The van der Waals surface area contributed by atoms with E-state index < -0.39 is 5.41 Å². The molecule has 1 saturated carbocycles. The van der Waals surface area contributed by atoms with Crippen LogP contribution in [0.4, 0.5) is 0 Å². The van der Waals surface area contributed by atoms with E-state index in [1.54, 1.807) is 7.05 Å². The first-order chi connectivity index (χ1) is 8.99. The average Bonchev–Trinajstić information content (AvgIpc) is 2.88. The molecule has 110 valence electrons.